The molecule has 34 heavy (non-hydrogen) atoms. The van der Waals surface area contributed by atoms with Gasteiger partial charge in [0.05, 0.1) is 28.0 Å². The van der Waals surface area contributed by atoms with Gasteiger partial charge in [-0.3, -0.25) is 19.8 Å². The van der Waals surface area contributed by atoms with E-state index in [1.807, 2.05) is 0 Å². The number of allylic oxidation sites excluding steroid dienone is 3. The highest BCUT2D eigenvalue weighted by Gasteiger charge is 2.42. The molecule has 3 aliphatic rings. The zero-order valence-corrected chi connectivity index (χ0v) is 19.2. The van der Waals surface area contributed by atoms with Gasteiger partial charge in [-0.25, -0.2) is 0 Å². The number of nitrogens with two attached hydrogens (primary N) is 1. The van der Waals surface area contributed by atoms with Gasteiger partial charge >= 0.3 is 0 Å². The lowest BCUT2D eigenvalue weighted by Crippen LogP contribution is -2.38. The fraction of sp³-hybridized carbons (Fsp3) is 0.320. The van der Waals surface area contributed by atoms with Crippen molar-refractivity contribution in [2.45, 2.75) is 50.9 Å². The summed E-state index contributed by atoms with van der Waals surface area (Å²) in [6.45, 7) is 0. The smallest absolute Gasteiger partial charge is 0.269 e. The molecule has 0 bridgehead atoms. The number of ketones is 1. The van der Waals surface area contributed by atoms with Crippen LogP contribution < -0.4 is 10.6 Å². The first-order valence-electron chi connectivity index (χ1n) is 11.2. The molecule has 0 amide bonds. The molecule has 9 heteroatoms. The number of carbonyl (C=O) groups is 1. The normalized spacial score (nSPS) is 19.9. The summed E-state index contributed by atoms with van der Waals surface area (Å²) in [5.41, 5.74) is 10.3. The summed E-state index contributed by atoms with van der Waals surface area (Å²) in [6, 6.07) is 10.5. The zero-order chi connectivity index (χ0) is 24.0. The number of nitro benzene ring substituents is 1. The number of carbonyl (C=O) groups excluding carboxylic acids is 1. The molecule has 1 atom stereocenters. The minimum absolute atomic E-state index is 0.0605. The topological polar surface area (TPSA) is 137 Å². The Morgan fingerprint density at radius 1 is 1.06 bits per heavy atom. The van der Waals surface area contributed by atoms with E-state index < -0.39 is 10.8 Å². The number of benzene rings is 1. The maximum absolute atomic E-state index is 13.3. The zero-order valence-electron chi connectivity index (χ0n) is 18.3. The molecular formula is C25H21N5O3S. The average Bonchev–Trinajstić information content (AvgIpc) is 3.21. The van der Waals surface area contributed by atoms with E-state index >= 15 is 0 Å². The van der Waals surface area contributed by atoms with Gasteiger partial charge in [-0.1, -0.05) is 12.1 Å². The van der Waals surface area contributed by atoms with E-state index in [9.17, 15) is 25.4 Å². The van der Waals surface area contributed by atoms with E-state index in [0.29, 0.717) is 41.0 Å². The second-order valence-electron chi connectivity index (χ2n) is 8.67. The van der Waals surface area contributed by atoms with Crippen molar-refractivity contribution < 1.29 is 9.72 Å². The fourth-order valence-corrected chi connectivity index (χ4v) is 6.64. The monoisotopic (exact) mass is 471 g/mol. The minimum atomic E-state index is -0.690. The number of nitro groups is 1. The van der Waals surface area contributed by atoms with Gasteiger partial charge < -0.3 is 5.73 Å². The Morgan fingerprint density at radius 2 is 1.79 bits per heavy atom. The third kappa shape index (κ3) is 3.28. The Morgan fingerprint density at radius 3 is 2.47 bits per heavy atom. The average molecular weight is 472 g/mol. The van der Waals surface area contributed by atoms with E-state index in [0.717, 1.165) is 36.9 Å². The maximum atomic E-state index is 13.3. The molecule has 0 saturated heterocycles. The minimum Gasteiger partial charge on any atom is -0.384 e. The highest BCUT2D eigenvalue weighted by Crippen LogP contribution is 2.50. The number of nitrogens with zero attached hydrogens (tertiary/aromatic N) is 4. The van der Waals surface area contributed by atoms with Crippen LogP contribution in [0, 0.1) is 32.8 Å². The Hall–Kier alpha value is -3.95. The molecule has 8 nitrogen and oxygen atoms in total. The van der Waals surface area contributed by atoms with Gasteiger partial charge in [0, 0.05) is 34.7 Å². The summed E-state index contributed by atoms with van der Waals surface area (Å²) in [5, 5.41) is 32.0. The van der Waals surface area contributed by atoms with Crippen LogP contribution in [-0.4, -0.2) is 10.7 Å². The molecular weight excluding hydrogens is 450 g/mol. The van der Waals surface area contributed by atoms with Crippen LogP contribution >= 0.6 is 11.3 Å². The summed E-state index contributed by atoms with van der Waals surface area (Å²) >= 11 is 1.53. The highest BCUT2D eigenvalue weighted by atomic mass is 32.1. The molecule has 1 aliphatic heterocycles. The number of hydrogen-bond donors (Lipinski definition) is 1. The molecule has 170 valence electrons. The van der Waals surface area contributed by atoms with Crippen molar-refractivity contribution in [2.24, 2.45) is 5.73 Å². The van der Waals surface area contributed by atoms with Crippen LogP contribution in [0.25, 0.3) is 0 Å². The Labute approximate surface area is 200 Å². The van der Waals surface area contributed by atoms with Crippen LogP contribution in [0.15, 0.2) is 46.9 Å². The quantitative estimate of drug-likeness (QED) is 0.505. The van der Waals surface area contributed by atoms with E-state index in [2.05, 4.69) is 12.1 Å². The van der Waals surface area contributed by atoms with Crippen LogP contribution in [-0.2, 0) is 17.6 Å². The van der Waals surface area contributed by atoms with Crippen LogP contribution in [0.2, 0.25) is 0 Å². The summed E-state index contributed by atoms with van der Waals surface area (Å²) in [7, 11) is 0. The Balaban J connectivity index is 1.73. The van der Waals surface area contributed by atoms with E-state index in [4.69, 9.17) is 5.73 Å². The molecule has 1 unspecified atom stereocenters. The molecule has 0 radical (unpaired) electrons. The maximum Gasteiger partial charge on any atom is 0.269 e. The van der Waals surface area contributed by atoms with Crippen molar-refractivity contribution in [1.29, 1.82) is 10.5 Å². The molecule has 0 saturated carbocycles. The SMILES string of the molecule is N#CC1=C(N)N(c2sc3c(c2C#N)CCCC3)C2=C(C(=O)CCC2)C1c1ccc([N+](=O)[O-])cc1. The molecule has 5 rings (SSSR count). The van der Waals surface area contributed by atoms with E-state index in [1.54, 1.807) is 17.0 Å². The van der Waals surface area contributed by atoms with Crippen LogP contribution in [0.3, 0.4) is 0 Å². The summed E-state index contributed by atoms with van der Waals surface area (Å²) in [4.78, 5) is 26.8. The standard InChI is InChI=1S/C25H21N5O3S/c26-12-17-16-4-1-2-7-21(16)34-25(17)29-19-5-3-6-20(31)23(19)22(18(13-27)24(29)28)14-8-10-15(11-9-14)30(32)33/h8-11,22H,1-7,28H2. The lowest BCUT2D eigenvalue weighted by Gasteiger charge is -2.39. The highest BCUT2D eigenvalue weighted by molar-refractivity contribution is 7.16. The first kappa shape index (κ1) is 21.9. The number of hydrogen-bond acceptors (Lipinski definition) is 8. The molecule has 2 N–H and O–H groups in total. The largest absolute Gasteiger partial charge is 0.384 e. The van der Waals surface area contributed by atoms with Gasteiger partial charge in [0.2, 0.25) is 0 Å². The van der Waals surface area contributed by atoms with Gasteiger partial charge in [-0.15, -0.1) is 11.3 Å². The first-order valence-corrected chi connectivity index (χ1v) is 12.0. The molecule has 2 heterocycles. The number of rotatable bonds is 3. The van der Waals surface area contributed by atoms with Crippen LogP contribution in [0.4, 0.5) is 10.7 Å². The third-order valence-corrected chi connectivity index (χ3v) is 8.10. The molecule has 1 aromatic heterocycles. The van der Waals surface area contributed by atoms with Gasteiger partial charge in [-0.05, 0) is 49.7 Å². The number of non-ortho nitro benzene ring substituents is 1. The number of nitriles is 2. The van der Waals surface area contributed by atoms with Gasteiger partial charge in [0.15, 0.2) is 5.78 Å². The molecule has 1 aromatic carbocycles. The van der Waals surface area contributed by atoms with E-state index in [1.165, 1.54) is 28.3 Å². The lowest BCUT2D eigenvalue weighted by atomic mass is 9.75. The lowest BCUT2D eigenvalue weighted by molar-refractivity contribution is -0.384. The molecule has 0 fully saturated rings. The second kappa shape index (κ2) is 8.44. The predicted octanol–water partition coefficient (Wildman–Crippen LogP) is 4.71. The fourth-order valence-electron chi connectivity index (χ4n) is 5.26. The van der Waals surface area contributed by atoms with Crippen molar-refractivity contribution in [3.05, 3.63) is 78.6 Å². The van der Waals surface area contributed by atoms with Crippen molar-refractivity contribution in [3.63, 3.8) is 0 Å². The van der Waals surface area contributed by atoms with Crippen molar-refractivity contribution in [3.8, 4) is 12.1 Å². The van der Waals surface area contributed by atoms with Gasteiger partial charge in [-0.2, -0.15) is 10.5 Å². The number of thiophene rings is 1. The second-order valence-corrected chi connectivity index (χ2v) is 9.75. The van der Waals surface area contributed by atoms with Crippen molar-refractivity contribution in [2.75, 3.05) is 4.90 Å². The Bertz CT molecular complexity index is 1370. The number of anilines is 1. The Kier molecular flexibility index (Phi) is 5.43. The third-order valence-electron chi connectivity index (χ3n) is 6.82. The number of Topliss-reactive ketones (excluding diaryl/α,β-unsaturated/α-hetero) is 1. The van der Waals surface area contributed by atoms with Crippen molar-refractivity contribution >= 4 is 27.8 Å². The predicted molar refractivity (Wildman–Crippen MR) is 127 cm³/mol. The first-order chi connectivity index (χ1) is 16.5. The van der Waals surface area contributed by atoms with Gasteiger partial charge in [0.25, 0.3) is 5.69 Å². The molecule has 2 aromatic rings. The van der Waals surface area contributed by atoms with Crippen LogP contribution in [0.5, 0.6) is 0 Å². The summed E-state index contributed by atoms with van der Waals surface area (Å²) in [5.74, 6) is -0.533. The van der Waals surface area contributed by atoms with Crippen molar-refractivity contribution in [1.82, 2.24) is 0 Å². The molecule has 0 spiro atoms. The van der Waals surface area contributed by atoms with Gasteiger partial charge in [0.1, 0.15) is 16.9 Å². The number of fused-ring (bicyclic) bond motifs is 1. The van der Waals surface area contributed by atoms with Crippen LogP contribution in [0.1, 0.15) is 59.6 Å². The van der Waals surface area contributed by atoms with E-state index in [-0.39, 0.29) is 22.9 Å². The summed E-state index contributed by atoms with van der Waals surface area (Å²) < 4.78 is 0. The number of aryl methyl sites for hydroxylation is 1. The summed E-state index contributed by atoms with van der Waals surface area (Å²) in [6.07, 6.45) is 5.46. The molecule has 2 aliphatic carbocycles.